The number of nitrogens with zero attached hydrogens (tertiary/aromatic N) is 2. The number of rotatable bonds is 5. The van der Waals surface area contributed by atoms with E-state index in [9.17, 15) is 9.59 Å². The van der Waals surface area contributed by atoms with Crippen LogP contribution in [-0.2, 0) is 13.5 Å². The summed E-state index contributed by atoms with van der Waals surface area (Å²) in [7, 11) is 1.63. The second-order valence-electron chi connectivity index (χ2n) is 5.36. The van der Waals surface area contributed by atoms with Crippen LogP contribution in [0.5, 0.6) is 0 Å². The maximum atomic E-state index is 12.1. The molecule has 3 heterocycles. The van der Waals surface area contributed by atoms with E-state index in [1.807, 2.05) is 6.92 Å². The Bertz CT molecular complexity index is 924. The first kappa shape index (κ1) is 16.6. The number of thiazole rings is 1. The Balaban J connectivity index is 1.59. The Labute approximate surface area is 147 Å². The van der Waals surface area contributed by atoms with Crippen LogP contribution < -0.4 is 10.9 Å². The zero-order valence-electron chi connectivity index (χ0n) is 13.4. The fourth-order valence-electron chi connectivity index (χ4n) is 2.29. The van der Waals surface area contributed by atoms with Crippen molar-refractivity contribution >= 4 is 28.6 Å². The van der Waals surface area contributed by atoms with Gasteiger partial charge in [-0.3, -0.25) is 9.59 Å². The Morgan fingerprint density at radius 1 is 1.33 bits per heavy atom. The fourth-order valence-corrected chi connectivity index (χ4v) is 3.95. The van der Waals surface area contributed by atoms with Crippen molar-refractivity contribution in [3.63, 3.8) is 0 Å². The molecular formula is C17H17N3O2S2. The van der Waals surface area contributed by atoms with Crippen LogP contribution in [0, 0.1) is 6.92 Å². The average molecular weight is 359 g/mol. The topological polar surface area (TPSA) is 64.0 Å². The molecule has 0 saturated heterocycles. The second kappa shape index (κ2) is 7.11. The Kier molecular flexibility index (Phi) is 4.92. The van der Waals surface area contributed by atoms with Gasteiger partial charge in [0.2, 0.25) is 0 Å². The van der Waals surface area contributed by atoms with Crippen LogP contribution in [0.3, 0.4) is 0 Å². The maximum Gasteiger partial charge on any atom is 0.263 e. The molecule has 0 bridgehead atoms. The van der Waals surface area contributed by atoms with E-state index in [2.05, 4.69) is 27.8 Å². The van der Waals surface area contributed by atoms with Crippen LogP contribution in [0.1, 0.15) is 20.2 Å². The molecular weight excluding hydrogens is 342 g/mol. The van der Waals surface area contributed by atoms with E-state index >= 15 is 0 Å². The van der Waals surface area contributed by atoms with Crippen LogP contribution in [0.15, 0.2) is 40.6 Å². The van der Waals surface area contributed by atoms with Crippen molar-refractivity contribution in [3.05, 3.63) is 61.6 Å². The summed E-state index contributed by atoms with van der Waals surface area (Å²) in [5, 5.41) is 5.92. The van der Waals surface area contributed by atoms with Crippen LogP contribution in [0.4, 0.5) is 0 Å². The lowest BCUT2D eigenvalue weighted by Crippen LogP contribution is -2.32. The molecule has 0 aliphatic carbocycles. The summed E-state index contributed by atoms with van der Waals surface area (Å²) in [4.78, 5) is 30.8. The molecule has 24 heavy (non-hydrogen) atoms. The Morgan fingerprint density at radius 3 is 2.92 bits per heavy atom. The van der Waals surface area contributed by atoms with Gasteiger partial charge in [0.25, 0.3) is 11.5 Å². The van der Waals surface area contributed by atoms with E-state index in [1.54, 1.807) is 48.1 Å². The third kappa shape index (κ3) is 3.63. The number of aromatic nitrogens is 2. The number of pyridine rings is 1. The van der Waals surface area contributed by atoms with Crippen LogP contribution >= 0.6 is 22.7 Å². The van der Waals surface area contributed by atoms with Gasteiger partial charge in [0.1, 0.15) is 5.56 Å². The molecule has 0 aliphatic rings. The molecule has 0 saturated carbocycles. The van der Waals surface area contributed by atoms with E-state index in [0.29, 0.717) is 6.54 Å². The molecule has 1 N–H and O–H groups in total. The monoisotopic (exact) mass is 359 g/mol. The quantitative estimate of drug-likeness (QED) is 0.762. The second-order valence-corrected chi connectivity index (χ2v) is 7.59. The van der Waals surface area contributed by atoms with E-state index in [0.717, 1.165) is 22.0 Å². The molecule has 0 fully saturated rings. The van der Waals surface area contributed by atoms with Crippen molar-refractivity contribution < 1.29 is 4.79 Å². The minimum atomic E-state index is -0.330. The molecule has 0 aliphatic heterocycles. The summed E-state index contributed by atoms with van der Waals surface area (Å²) in [6.45, 7) is 2.49. The standard InChI is InChI=1S/C17H17N3O2S2/c1-11-19-14(10-23-11)15-6-5-12(24-15)7-8-18-16(21)13-4-3-9-20(2)17(13)22/h3-6,9-10H,7-8H2,1-2H3,(H,18,21). The van der Waals surface area contributed by atoms with E-state index in [1.165, 1.54) is 9.44 Å². The summed E-state index contributed by atoms with van der Waals surface area (Å²) in [6, 6.07) is 7.36. The molecule has 7 heteroatoms. The normalized spacial score (nSPS) is 10.8. The highest BCUT2D eigenvalue weighted by Crippen LogP contribution is 2.29. The van der Waals surface area contributed by atoms with Crippen molar-refractivity contribution in [2.24, 2.45) is 7.05 Å². The number of carbonyl (C=O) groups is 1. The van der Waals surface area contributed by atoms with Gasteiger partial charge in [0.05, 0.1) is 15.6 Å². The van der Waals surface area contributed by atoms with E-state index in [-0.39, 0.29) is 17.0 Å². The van der Waals surface area contributed by atoms with Crippen molar-refractivity contribution in [2.75, 3.05) is 6.54 Å². The summed E-state index contributed by atoms with van der Waals surface area (Å²) >= 11 is 3.32. The first-order valence-corrected chi connectivity index (χ1v) is 9.19. The van der Waals surface area contributed by atoms with Gasteiger partial charge in [-0.2, -0.15) is 0 Å². The molecule has 0 atom stereocenters. The number of hydrogen-bond donors (Lipinski definition) is 1. The number of amides is 1. The highest BCUT2D eigenvalue weighted by atomic mass is 32.1. The average Bonchev–Trinajstić information content (AvgIpc) is 3.19. The summed E-state index contributed by atoms with van der Waals surface area (Å²) in [5.41, 5.74) is 0.891. The molecule has 3 aromatic heterocycles. The lowest BCUT2D eigenvalue weighted by molar-refractivity contribution is 0.0952. The van der Waals surface area contributed by atoms with Crippen LogP contribution in [0.25, 0.3) is 10.6 Å². The first-order valence-electron chi connectivity index (χ1n) is 7.49. The molecule has 3 rings (SSSR count). The zero-order chi connectivity index (χ0) is 17.1. The minimum absolute atomic E-state index is 0.171. The summed E-state index contributed by atoms with van der Waals surface area (Å²) in [6.07, 6.45) is 2.36. The fraction of sp³-hybridized carbons (Fsp3) is 0.235. The number of nitrogens with one attached hydrogen (secondary N) is 1. The van der Waals surface area contributed by atoms with Crippen molar-refractivity contribution in [2.45, 2.75) is 13.3 Å². The molecule has 3 aromatic rings. The number of thiophene rings is 1. The summed E-state index contributed by atoms with van der Waals surface area (Å²) < 4.78 is 1.40. The predicted octanol–water partition coefficient (Wildman–Crippen LogP) is 2.85. The summed E-state index contributed by atoms with van der Waals surface area (Å²) in [5.74, 6) is -0.330. The van der Waals surface area contributed by atoms with Crippen molar-refractivity contribution in [3.8, 4) is 10.6 Å². The minimum Gasteiger partial charge on any atom is -0.352 e. The lowest BCUT2D eigenvalue weighted by Gasteiger charge is -2.05. The molecule has 5 nitrogen and oxygen atoms in total. The Morgan fingerprint density at radius 2 is 2.17 bits per heavy atom. The third-order valence-electron chi connectivity index (χ3n) is 3.56. The van der Waals surface area contributed by atoms with Gasteiger partial charge in [-0.15, -0.1) is 22.7 Å². The zero-order valence-corrected chi connectivity index (χ0v) is 15.0. The van der Waals surface area contributed by atoms with E-state index < -0.39 is 0 Å². The van der Waals surface area contributed by atoms with Gasteiger partial charge >= 0.3 is 0 Å². The Hall–Kier alpha value is -2.25. The highest BCUT2D eigenvalue weighted by molar-refractivity contribution is 7.16. The van der Waals surface area contributed by atoms with Gasteiger partial charge in [-0.25, -0.2) is 4.98 Å². The molecule has 0 unspecified atom stereocenters. The number of aryl methyl sites for hydroxylation is 2. The molecule has 0 spiro atoms. The molecule has 0 aromatic carbocycles. The van der Waals surface area contributed by atoms with Gasteiger partial charge in [-0.1, -0.05) is 0 Å². The molecule has 0 radical (unpaired) electrons. The lowest BCUT2D eigenvalue weighted by atomic mass is 10.2. The van der Waals surface area contributed by atoms with Gasteiger partial charge < -0.3 is 9.88 Å². The highest BCUT2D eigenvalue weighted by Gasteiger charge is 2.11. The maximum absolute atomic E-state index is 12.1. The molecule has 1 amide bonds. The first-order chi connectivity index (χ1) is 11.5. The van der Waals surface area contributed by atoms with Crippen LogP contribution in [0.2, 0.25) is 0 Å². The van der Waals surface area contributed by atoms with Crippen molar-refractivity contribution in [1.82, 2.24) is 14.9 Å². The largest absolute Gasteiger partial charge is 0.352 e. The molecule has 124 valence electrons. The SMILES string of the molecule is Cc1nc(-c2ccc(CCNC(=O)c3cccn(C)c3=O)s2)cs1. The van der Waals surface area contributed by atoms with Gasteiger partial charge in [0.15, 0.2) is 0 Å². The van der Waals surface area contributed by atoms with Gasteiger partial charge in [-0.05, 0) is 37.6 Å². The number of hydrogen-bond acceptors (Lipinski definition) is 5. The van der Waals surface area contributed by atoms with Crippen molar-refractivity contribution in [1.29, 1.82) is 0 Å². The smallest absolute Gasteiger partial charge is 0.263 e. The third-order valence-corrected chi connectivity index (χ3v) is 5.50. The number of carbonyl (C=O) groups excluding carboxylic acids is 1. The van der Waals surface area contributed by atoms with E-state index in [4.69, 9.17) is 0 Å². The predicted molar refractivity (Wildman–Crippen MR) is 97.9 cm³/mol. The van der Waals surface area contributed by atoms with Gasteiger partial charge in [0, 0.05) is 30.0 Å². The van der Waals surface area contributed by atoms with Crippen LogP contribution in [-0.4, -0.2) is 22.0 Å².